The van der Waals surface area contributed by atoms with Crippen molar-refractivity contribution in [3.63, 3.8) is 0 Å². The molecule has 0 saturated heterocycles. The molecule has 0 aliphatic rings. The smallest absolute Gasteiger partial charge is 0.273 e. The van der Waals surface area contributed by atoms with E-state index in [-0.39, 0.29) is 11.0 Å². The third-order valence-corrected chi connectivity index (χ3v) is 4.90. The Balaban J connectivity index is 1.96. The van der Waals surface area contributed by atoms with E-state index in [2.05, 4.69) is 10.3 Å². The van der Waals surface area contributed by atoms with Gasteiger partial charge >= 0.3 is 0 Å². The number of rotatable bonds is 4. The van der Waals surface area contributed by atoms with Gasteiger partial charge in [0.25, 0.3) is 11.5 Å². The summed E-state index contributed by atoms with van der Waals surface area (Å²) in [6.45, 7) is 0. The molecule has 0 unspecified atom stereocenters. The number of para-hydroxylation sites is 1. The van der Waals surface area contributed by atoms with Crippen molar-refractivity contribution in [2.45, 2.75) is 0 Å². The molecule has 4 rings (SSSR count). The molecule has 0 atom stereocenters. The molecule has 7 nitrogen and oxygen atoms in total. The van der Waals surface area contributed by atoms with E-state index in [0.29, 0.717) is 22.1 Å². The lowest BCUT2D eigenvalue weighted by Gasteiger charge is -2.15. The normalized spacial score (nSPS) is 10.7. The van der Waals surface area contributed by atoms with E-state index in [4.69, 9.17) is 16.3 Å². The van der Waals surface area contributed by atoms with Gasteiger partial charge in [-0.2, -0.15) is 0 Å². The number of nitrogens with one attached hydrogen (secondary N) is 1. The second-order valence-corrected chi connectivity index (χ2v) is 6.78. The van der Waals surface area contributed by atoms with Gasteiger partial charge in [-0.15, -0.1) is 0 Å². The lowest BCUT2D eigenvalue weighted by Crippen LogP contribution is -2.29. The number of aromatic hydroxyl groups is 1. The first kappa shape index (κ1) is 19.5. The molecule has 0 aliphatic heterocycles. The summed E-state index contributed by atoms with van der Waals surface area (Å²) in [5.74, 6) is -0.710. The number of fused-ring (bicyclic) bond motifs is 1. The molecule has 0 spiro atoms. The van der Waals surface area contributed by atoms with Gasteiger partial charge in [0.2, 0.25) is 0 Å². The lowest BCUT2D eigenvalue weighted by molar-refractivity contribution is 0.102. The molecule has 0 saturated carbocycles. The molecule has 2 aromatic carbocycles. The predicted octanol–water partition coefficient (Wildman–Crippen LogP) is 4.01. The Morgan fingerprint density at radius 3 is 2.70 bits per heavy atom. The van der Waals surface area contributed by atoms with Crippen molar-refractivity contribution >= 4 is 34.2 Å². The number of ether oxygens (including phenoxy) is 1. The van der Waals surface area contributed by atoms with Crippen LogP contribution in [0.1, 0.15) is 10.4 Å². The molecule has 2 heterocycles. The number of benzene rings is 2. The number of aromatic nitrogens is 2. The van der Waals surface area contributed by atoms with Crippen LogP contribution in [0.2, 0.25) is 5.02 Å². The first-order valence-corrected chi connectivity index (χ1v) is 9.32. The maximum Gasteiger partial charge on any atom is 0.273 e. The summed E-state index contributed by atoms with van der Waals surface area (Å²) < 4.78 is 6.51. The molecule has 1 amide bonds. The highest BCUT2D eigenvalue weighted by molar-refractivity contribution is 6.34. The summed E-state index contributed by atoms with van der Waals surface area (Å²) in [6.07, 6.45) is 1.50. The van der Waals surface area contributed by atoms with Crippen LogP contribution in [-0.4, -0.2) is 27.7 Å². The van der Waals surface area contributed by atoms with Crippen LogP contribution in [0.5, 0.6) is 11.5 Å². The molecule has 0 fully saturated rings. The van der Waals surface area contributed by atoms with Crippen LogP contribution in [0.4, 0.5) is 5.69 Å². The maximum atomic E-state index is 13.3. The average Bonchev–Trinajstić information content (AvgIpc) is 2.76. The number of pyridine rings is 2. The number of anilines is 1. The standard InChI is InChI=1S/C22H16ClN3O4/c1-30-14-7-4-6-13(12-14)26-20-15(8-5-11-24-20)19(27)18(22(26)29)21(28)25-17-10-3-2-9-16(17)23/h2-12,27H,1H3,(H,25,28). The van der Waals surface area contributed by atoms with Crippen molar-refractivity contribution in [3.8, 4) is 17.2 Å². The quantitative estimate of drug-likeness (QED) is 0.519. The molecule has 8 heteroatoms. The summed E-state index contributed by atoms with van der Waals surface area (Å²) in [4.78, 5) is 30.6. The van der Waals surface area contributed by atoms with Crippen LogP contribution in [-0.2, 0) is 0 Å². The van der Waals surface area contributed by atoms with E-state index in [1.54, 1.807) is 60.7 Å². The second kappa shape index (κ2) is 7.88. The summed E-state index contributed by atoms with van der Waals surface area (Å²) in [7, 11) is 1.51. The highest BCUT2D eigenvalue weighted by Gasteiger charge is 2.24. The van der Waals surface area contributed by atoms with Crippen molar-refractivity contribution in [1.82, 2.24) is 9.55 Å². The van der Waals surface area contributed by atoms with Gasteiger partial charge in [-0.3, -0.25) is 14.2 Å². The molecule has 0 bridgehead atoms. The first-order chi connectivity index (χ1) is 14.5. The Morgan fingerprint density at radius 2 is 1.93 bits per heavy atom. The van der Waals surface area contributed by atoms with E-state index in [1.807, 2.05) is 0 Å². The van der Waals surface area contributed by atoms with Crippen molar-refractivity contribution < 1.29 is 14.6 Å². The molecule has 2 aromatic heterocycles. The van der Waals surface area contributed by atoms with Crippen LogP contribution < -0.4 is 15.6 Å². The fourth-order valence-electron chi connectivity index (χ4n) is 3.15. The summed E-state index contributed by atoms with van der Waals surface area (Å²) in [6, 6.07) is 16.6. The summed E-state index contributed by atoms with van der Waals surface area (Å²) in [5.41, 5.74) is -0.172. The number of hydrogen-bond acceptors (Lipinski definition) is 5. The van der Waals surface area contributed by atoms with Crippen LogP contribution in [0.15, 0.2) is 71.7 Å². The molecule has 4 aromatic rings. The van der Waals surface area contributed by atoms with E-state index in [0.717, 1.165) is 0 Å². The molecule has 0 aliphatic carbocycles. The van der Waals surface area contributed by atoms with Crippen molar-refractivity contribution in [1.29, 1.82) is 0 Å². The summed E-state index contributed by atoms with van der Waals surface area (Å²) >= 11 is 6.11. The van der Waals surface area contributed by atoms with Gasteiger partial charge in [0, 0.05) is 12.3 Å². The van der Waals surface area contributed by atoms with E-state index >= 15 is 0 Å². The molecular weight excluding hydrogens is 406 g/mol. The minimum Gasteiger partial charge on any atom is -0.506 e. The van der Waals surface area contributed by atoms with E-state index in [9.17, 15) is 14.7 Å². The topological polar surface area (TPSA) is 93.5 Å². The number of amides is 1. The van der Waals surface area contributed by atoms with E-state index < -0.39 is 22.8 Å². The Hall–Kier alpha value is -3.84. The largest absolute Gasteiger partial charge is 0.506 e. The molecule has 30 heavy (non-hydrogen) atoms. The third kappa shape index (κ3) is 3.35. The van der Waals surface area contributed by atoms with E-state index in [1.165, 1.54) is 17.9 Å². The highest BCUT2D eigenvalue weighted by atomic mass is 35.5. The number of halogens is 1. The Kier molecular flexibility index (Phi) is 5.12. The number of nitrogens with zero attached hydrogens (tertiary/aromatic N) is 2. The number of hydrogen-bond donors (Lipinski definition) is 2. The van der Waals surface area contributed by atoms with Gasteiger partial charge in [-0.25, -0.2) is 4.98 Å². The van der Waals surface area contributed by atoms with Crippen LogP contribution >= 0.6 is 11.6 Å². The van der Waals surface area contributed by atoms with Gasteiger partial charge in [0.15, 0.2) is 5.65 Å². The minimum absolute atomic E-state index is 0.211. The number of methoxy groups -OCH3 is 1. The minimum atomic E-state index is -0.784. The maximum absolute atomic E-state index is 13.3. The van der Waals surface area contributed by atoms with Gasteiger partial charge in [-0.05, 0) is 36.4 Å². The summed E-state index contributed by atoms with van der Waals surface area (Å²) in [5, 5.41) is 13.9. The molecule has 150 valence electrons. The van der Waals surface area contributed by atoms with Crippen LogP contribution in [0, 0.1) is 0 Å². The van der Waals surface area contributed by atoms with Gasteiger partial charge in [-0.1, -0.05) is 29.8 Å². The number of carbonyl (C=O) groups excluding carboxylic acids is 1. The SMILES string of the molecule is COc1cccc(-n2c(=O)c(C(=O)Nc3ccccc3Cl)c(O)c3cccnc32)c1. The van der Waals surface area contributed by atoms with Gasteiger partial charge in [0.1, 0.15) is 17.1 Å². The zero-order valence-electron chi connectivity index (χ0n) is 15.8. The second-order valence-electron chi connectivity index (χ2n) is 6.37. The lowest BCUT2D eigenvalue weighted by atomic mass is 10.1. The van der Waals surface area contributed by atoms with Crippen molar-refractivity contribution in [3.05, 3.63) is 87.8 Å². The van der Waals surface area contributed by atoms with Crippen molar-refractivity contribution in [2.75, 3.05) is 12.4 Å². The number of carbonyl (C=O) groups is 1. The average molecular weight is 422 g/mol. The fraction of sp³-hybridized carbons (Fsp3) is 0.0455. The Morgan fingerprint density at radius 1 is 1.13 bits per heavy atom. The van der Waals surface area contributed by atoms with Gasteiger partial charge < -0.3 is 15.2 Å². The van der Waals surface area contributed by atoms with Gasteiger partial charge in [0.05, 0.1) is 28.9 Å². The Labute approximate surface area is 176 Å². The third-order valence-electron chi connectivity index (χ3n) is 4.57. The zero-order valence-corrected chi connectivity index (χ0v) is 16.6. The zero-order chi connectivity index (χ0) is 21.3. The molecule has 0 radical (unpaired) electrons. The molecule has 2 N–H and O–H groups in total. The predicted molar refractivity (Wildman–Crippen MR) is 115 cm³/mol. The Bertz CT molecular complexity index is 1330. The molecular formula is C22H16ClN3O4. The fourth-order valence-corrected chi connectivity index (χ4v) is 3.33. The first-order valence-electron chi connectivity index (χ1n) is 8.94. The monoisotopic (exact) mass is 421 g/mol. The van der Waals surface area contributed by atoms with Crippen LogP contribution in [0.25, 0.3) is 16.7 Å². The van der Waals surface area contributed by atoms with Crippen LogP contribution in [0.3, 0.4) is 0 Å². The van der Waals surface area contributed by atoms with Crippen molar-refractivity contribution in [2.24, 2.45) is 0 Å². The highest BCUT2D eigenvalue weighted by Crippen LogP contribution is 2.29.